The molecule has 0 saturated carbocycles. The second-order valence-corrected chi connectivity index (χ2v) is 11.3. The minimum Gasteiger partial charge on any atom is -0.458 e. The van der Waals surface area contributed by atoms with Crippen LogP contribution in [0.4, 0.5) is 17.1 Å². The normalized spacial score (nSPS) is 12.3. The fourth-order valence-electron chi connectivity index (χ4n) is 7.09. The van der Waals surface area contributed by atoms with Gasteiger partial charge in [0.2, 0.25) is 0 Å². The third-order valence-corrected chi connectivity index (χ3v) is 8.91. The van der Waals surface area contributed by atoms with E-state index in [0.717, 1.165) is 22.9 Å². The van der Waals surface area contributed by atoms with Gasteiger partial charge in [-0.1, -0.05) is 121 Å². The predicted molar refractivity (Wildman–Crippen MR) is 182 cm³/mol. The Labute approximate surface area is 250 Å². The number of anilines is 3. The number of para-hydroxylation sites is 3. The molecule has 0 fully saturated rings. The van der Waals surface area contributed by atoms with Crippen molar-refractivity contribution < 1.29 is 4.74 Å². The molecule has 2 nitrogen and oxygen atoms in total. The standard InChI is InChI=1S/C40H26BNO/c1-4-12-29(13-5-1)41-34-18-10-11-19-36(34)43-37-26-28-21-23-32-35(25-22-27-20-24-33(40(37)41)39(28)38(27)32)42(30-14-6-2-7-15-30)31-16-8-3-9-17-31/h1-26H. The molecule has 0 spiro atoms. The molecule has 0 unspecified atom stereocenters. The first-order valence-electron chi connectivity index (χ1n) is 14.8. The lowest BCUT2D eigenvalue weighted by molar-refractivity contribution is 0.488. The second kappa shape index (κ2) is 9.50. The van der Waals surface area contributed by atoms with Crippen molar-refractivity contribution in [2.75, 3.05) is 4.90 Å². The zero-order valence-electron chi connectivity index (χ0n) is 23.4. The first kappa shape index (κ1) is 24.1. The van der Waals surface area contributed by atoms with E-state index in [1.165, 1.54) is 54.4 Å². The van der Waals surface area contributed by atoms with Gasteiger partial charge in [-0.15, -0.1) is 0 Å². The van der Waals surface area contributed by atoms with Crippen LogP contribution in [0.25, 0.3) is 32.3 Å². The maximum atomic E-state index is 6.65. The van der Waals surface area contributed by atoms with Gasteiger partial charge in [0.1, 0.15) is 11.5 Å². The van der Waals surface area contributed by atoms with Crippen molar-refractivity contribution in [1.82, 2.24) is 0 Å². The van der Waals surface area contributed by atoms with E-state index in [2.05, 4.69) is 163 Å². The molecule has 1 heterocycles. The topological polar surface area (TPSA) is 12.5 Å². The van der Waals surface area contributed by atoms with Crippen LogP contribution in [0.15, 0.2) is 158 Å². The maximum absolute atomic E-state index is 6.65. The maximum Gasteiger partial charge on any atom is 0.251 e. The third kappa shape index (κ3) is 3.68. The van der Waals surface area contributed by atoms with Gasteiger partial charge in [0, 0.05) is 16.8 Å². The fraction of sp³-hybridized carbons (Fsp3) is 0. The summed E-state index contributed by atoms with van der Waals surface area (Å²) in [4.78, 5) is 2.37. The molecule has 0 aliphatic carbocycles. The first-order valence-corrected chi connectivity index (χ1v) is 14.8. The van der Waals surface area contributed by atoms with Crippen molar-refractivity contribution in [1.29, 1.82) is 0 Å². The van der Waals surface area contributed by atoms with Crippen LogP contribution in [0.2, 0.25) is 0 Å². The molecule has 8 aromatic carbocycles. The lowest BCUT2D eigenvalue weighted by Crippen LogP contribution is -2.55. The van der Waals surface area contributed by atoms with Crippen molar-refractivity contribution >= 4 is 72.5 Å². The molecule has 8 aromatic rings. The Balaban J connectivity index is 1.36. The van der Waals surface area contributed by atoms with Crippen molar-refractivity contribution in [2.24, 2.45) is 0 Å². The number of ether oxygens (including phenoxy) is 1. The molecule has 0 saturated heterocycles. The zero-order valence-corrected chi connectivity index (χ0v) is 23.4. The van der Waals surface area contributed by atoms with Gasteiger partial charge >= 0.3 is 0 Å². The van der Waals surface area contributed by atoms with Gasteiger partial charge in [-0.3, -0.25) is 0 Å². The van der Waals surface area contributed by atoms with E-state index in [1.807, 2.05) is 0 Å². The average Bonchev–Trinajstić information content (AvgIpc) is 3.08. The van der Waals surface area contributed by atoms with Crippen LogP contribution >= 0.6 is 0 Å². The molecule has 1 aliphatic rings. The Hall–Kier alpha value is -5.54. The van der Waals surface area contributed by atoms with Crippen LogP contribution in [0.1, 0.15) is 0 Å². The smallest absolute Gasteiger partial charge is 0.251 e. The molecule has 0 aromatic heterocycles. The van der Waals surface area contributed by atoms with Crippen LogP contribution in [0, 0.1) is 0 Å². The molecule has 0 N–H and O–H groups in total. The van der Waals surface area contributed by atoms with Crippen LogP contribution in [-0.2, 0) is 0 Å². The average molecular weight is 547 g/mol. The molecule has 9 rings (SSSR count). The summed E-state index contributed by atoms with van der Waals surface area (Å²) in [6.45, 7) is 0.0790. The van der Waals surface area contributed by atoms with E-state index in [1.54, 1.807) is 0 Å². The highest BCUT2D eigenvalue weighted by Crippen LogP contribution is 2.44. The van der Waals surface area contributed by atoms with E-state index < -0.39 is 0 Å². The number of hydrogen-bond acceptors (Lipinski definition) is 2. The fourth-order valence-corrected chi connectivity index (χ4v) is 7.09. The summed E-state index contributed by atoms with van der Waals surface area (Å²) in [5.41, 5.74) is 7.15. The summed E-state index contributed by atoms with van der Waals surface area (Å²) >= 11 is 0. The molecular weight excluding hydrogens is 521 g/mol. The van der Waals surface area contributed by atoms with Gasteiger partial charge in [-0.25, -0.2) is 0 Å². The highest BCUT2D eigenvalue weighted by atomic mass is 16.5. The van der Waals surface area contributed by atoms with E-state index >= 15 is 0 Å². The molecule has 3 heteroatoms. The Morgan fingerprint density at radius 1 is 0.465 bits per heavy atom. The minimum absolute atomic E-state index is 0.0790. The van der Waals surface area contributed by atoms with Crippen molar-refractivity contribution in [3.63, 3.8) is 0 Å². The molecule has 0 amide bonds. The molecule has 0 atom stereocenters. The van der Waals surface area contributed by atoms with Crippen LogP contribution in [0.3, 0.4) is 0 Å². The highest BCUT2D eigenvalue weighted by molar-refractivity contribution is 6.98. The van der Waals surface area contributed by atoms with Gasteiger partial charge in [-0.05, 0) is 80.3 Å². The number of hydrogen-bond donors (Lipinski definition) is 0. The van der Waals surface area contributed by atoms with Crippen molar-refractivity contribution in [2.45, 2.75) is 0 Å². The quantitative estimate of drug-likeness (QED) is 0.162. The SMILES string of the molecule is c1ccc(B2c3ccccc3Oc3cc4ccc5c(N(c6ccccc6)c6ccccc6)ccc6ccc(c32)c4c65)cc1. The van der Waals surface area contributed by atoms with Gasteiger partial charge in [0.05, 0.1) is 5.69 Å². The summed E-state index contributed by atoms with van der Waals surface area (Å²) in [7, 11) is 0. The molecule has 43 heavy (non-hydrogen) atoms. The van der Waals surface area contributed by atoms with Crippen molar-refractivity contribution in [3.05, 3.63) is 158 Å². The number of nitrogens with zero attached hydrogens (tertiary/aromatic N) is 1. The summed E-state index contributed by atoms with van der Waals surface area (Å²) in [6.07, 6.45) is 0. The van der Waals surface area contributed by atoms with Crippen LogP contribution in [0.5, 0.6) is 11.5 Å². The lowest BCUT2D eigenvalue weighted by atomic mass is 9.35. The minimum atomic E-state index is 0.0790. The third-order valence-electron chi connectivity index (χ3n) is 8.91. The molecule has 0 bridgehead atoms. The lowest BCUT2D eigenvalue weighted by Gasteiger charge is -2.30. The van der Waals surface area contributed by atoms with E-state index in [9.17, 15) is 0 Å². The Morgan fingerprint density at radius 3 is 1.79 bits per heavy atom. The predicted octanol–water partition coefficient (Wildman–Crippen LogP) is 8.68. The number of benzene rings is 8. The van der Waals surface area contributed by atoms with E-state index in [-0.39, 0.29) is 6.71 Å². The first-order chi connectivity index (χ1) is 21.3. The monoisotopic (exact) mass is 547 g/mol. The second-order valence-electron chi connectivity index (χ2n) is 11.3. The molecule has 200 valence electrons. The van der Waals surface area contributed by atoms with Crippen molar-refractivity contribution in [3.8, 4) is 11.5 Å². The van der Waals surface area contributed by atoms with Crippen LogP contribution < -0.4 is 26.0 Å². The van der Waals surface area contributed by atoms with E-state index in [0.29, 0.717) is 0 Å². The van der Waals surface area contributed by atoms with Gasteiger partial charge < -0.3 is 9.64 Å². The van der Waals surface area contributed by atoms with E-state index in [4.69, 9.17) is 4.74 Å². The molecular formula is C40H26BNO. The number of rotatable bonds is 4. The van der Waals surface area contributed by atoms with Gasteiger partial charge in [0.15, 0.2) is 0 Å². The Kier molecular flexibility index (Phi) is 5.33. The summed E-state index contributed by atoms with van der Waals surface area (Å²) in [5.74, 6) is 1.87. The molecule has 0 radical (unpaired) electrons. The summed E-state index contributed by atoms with van der Waals surface area (Å²) in [5, 5.41) is 7.50. The Morgan fingerprint density at radius 2 is 1.05 bits per heavy atom. The van der Waals surface area contributed by atoms with Gasteiger partial charge in [0.25, 0.3) is 6.71 Å². The number of fused-ring (bicyclic) bond motifs is 3. The zero-order chi connectivity index (χ0) is 28.3. The summed E-state index contributed by atoms with van der Waals surface area (Å²) in [6, 6.07) is 56.6. The largest absolute Gasteiger partial charge is 0.458 e. The van der Waals surface area contributed by atoms with Gasteiger partial charge in [-0.2, -0.15) is 0 Å². The highest BCUT2D eigenvalue weighted by Gasteiger charge is 2.34. The Bertz CT molecular complexity index is 2230. The summed E-state index contributed by atoms with van der Waals surface area (Å²) < 4.78 is 6.65. The van der Waals surface area contributed by atoms with Crippen LogP contribution in [-0.4, -0.2) is 6.71 Å². The molecule has 1 aliphatic heterocycles.